The second-order valence-electron chi connectivity index (χ2n) is 7.99. The van der Waals surface area contributed by atoms with Crippen LogP contribution in [0.2, 0.25) is 5.02 Å². The molecule has 0 unspecified atom stereocenters. The van der Waals surface area contributed by atoms with Crippen molar-refractivity contribution in [3.63, 3.8) is 0 Å². The molecule has 0 bridgehead atoms. The molecular weight excluding hydrogens is 388 g/mol. The molecule has 1 N–H and O–H groups in total. The number of benzene rings is 1. The van der Waals surface area contributed by atoms with E-state index in [-0.39, 0.29) is 5.92 Å². The lowest BCUT2D eigenvalue weighted by Gasteiger charge is -2.38. The molecule has 0 radical (unpaired) electrons. The summed E-state index contributed by atoms with van der Waals surface area (Å²) in [6.45, 7) is 6.73. The fourth-order valence-corrected chi connectivity index (χ4v) is 4.16. The number of aromatic nitrogens is 1. The first kappa shape index (κ1) is 19.9. The molecule has 4 rings (SSSR count). The van der Waals surface area contributed by atoms with Gasteiger partial charge in [0.2, 0.25) is 0 Å². The molecular formula is C23H25ClN2O3. The van der Waals surface area contributed by atoms with E-state index in [1.807, 2.05) is 19.1 Å². The second kappa shape index (κ2) is 8.17. The number of hydrogen-bond donors (Lipinski definition) is 1. The molecule has 6 heteroatoms. The number of nitrogens with zero attached hydrogens (tertiary/aromatic N) is 2. The Balaban J connectivity index is 1.41. The van der Waals surface area contributed by atoms with Gasteiger partial charge < -0.3 is 9.84 Å². The van der Waals surface area contributed by atoms with Crippen LogP contribution in [0.3, 0.4) is 0 Å². The molecule has 2 heterocycles. The first-order valence-electron chi connectivity index (χ1n) is 9.91. The second-order valence-corrected chi connectivity index (χ2v) is 8.40. The lowest BCUT2D eigenvalue weighted by molar-refractivity contribution is -0.147. The molecule has 2 aliphatic rings. The van der Waals surface area contributed by atoms with E-state index >= 15 is 0 Å². The monoisotopic (exact) mass is 412 g/mol. The number of carboxylic acid groups (broad SMARTS) is 1. The summed E-state index contributed by atoms with van der Waals surface area (Å²) in [6.07, 6.45) is 3.65. The van der Waals surface area contributed by atoms with Gasteiger partial charge in [-0.15, -0.1) is 0 Å². The van der Waals surface area contributed by atoms with Crippen LogP contribution in [0.5, 0.6) is 5.75 Å². The average molecular weight is 413 g/mol. The zero-order valence-corrected chi connectivity index (χ0v) is 17.5. The van der Waals surface area contributed by atoms with Crippen LogP contribution in [0.4, 0.5) is 0 Å². The van der Waals surface area contributed by atoms with Crippen molar-refractivity contribution in [2.75, 3.05) is 19.6 Å². The Morgan fingerprint density at radius 1 is 1.28 bits per heavy atom. The van der Waals surface area contributed by atoms with Gasteiger partial charge >= 0.3 is 5.97 Å². The molecule has 0 saturated carbocycles. The van der Waals surface area contributed by atoms with E-state index in [0.29, 0.717) is 24.7 Å². The zero-order chi connectivity index (χ0) is 20.5. The van der Waals surface area contributed by atoms with E-state index in [1.165, 1.54) is 22.3 Å². The molecule has 0 spiro atoms. The third kappa shape index (κ3) is 4.31. The van der Waals surface area contributed by atoms with E-state index in [0.717, 1.165) is 36.4 Å². The molecule has 152 valence electrons. The average Bonchev–Trinajstić information content (AvgIpc) is 2.66. The molecule has 1 aliphatic heterocycles. The van der Waals surface area contributed by atoms with Crippen molar-refractivity contribution in [1.29, 1.82) is 0 Å². The first-order chi connectivity index (χ1) is 13.9. The molecule has 5 nitrogen and oxygen atoms in total. The SMILES string of the molecule is CC1=C(CN2CC(C(=O)O)C2)CCc2cc(OCc3cc(C)c(Cl)cn3)ccc21. The number of carboxylic acids is 1. The van der Waals surface area contributed by atoms with Crippen molar-refractivity contribution in [1.82, 2.24) is 9.88 Å². The predicted octanol–water partition coefficient (Wildman–Crippen LogP) is 4.36. The third-order valence-electron chi connectivity index (χ3n) is 5.92. The topological polar surface area (TPSA) is 62.7 Å². The number of likely N-dealkylation sites (tertiary alicyclic amines) is 1. The van der Waals surface area contributed by atoms with Gasteiger partial charge in [0.05, 0.1) is 16.6 Å². The summed E-state index contributed by atoms with van der Waals surface area (Å²) in [6, 6.07) is 8.22. The number of ether oxygens (including phenoxy) is 1. The Morgan fingerprint density at radius 2 is 2.07 bits per heavy atom. The summed E-state index contributed by atoms with van der Waals surface area (Å²) in [4.78, 5) is 17.5. The Hall–Kier alpha value is -2.37. The minimum Gasteiger partial charge on any atom is -0.487 e. The molecule has 1 aliphatic carbocycles. The highest BCUT2D eigenvalue weighted by atomic mass is 35.5. The number of rotatable bonds is 6. The van der Waals surface area contributed by atoms with Crippen molar-refractivity contribution in [3.05, 3.63) is 63.4 Å². The maximum absolute atomic E-state index is 11.0. The van der Waals surface area contributed by atoms with Crippen molar-refractivity contribution in [2.24, 2.45) is 5.92 Å². The Bertz CT molecular complexity index is 980. The summed E-state index contributed by atoms with van der Waals surface area (Å²) in [5.74, 6) is -0.0377. The number of halogens is 1. The lowest BCUT2D eigenvalue weighted by atomic mass is 9.85. The third-order valence-corrected chi connectivity index (χ3v) is 6.31. The van der Waals surface area contributed by atoms with E-state index in [4.69, 9.17) is 21.4 Å². The van der Waals surface area contributed by atoms with Crippen LogP contribution in [-0.4, -0.2) is 40.6 Å². The number of carbonyl (C=O) groups is 1. The predicted molar refractivity (Wildman–Crippen MR) is 113 cm³/mol. The minimum absolute atomic E-state index is 0.203. The molecule has 2 aromatic rings. The Kier molecular flexibility index (Phi) is 5.61. The highest BCUT2D eigenvalue weighted by molar-refractivity contribution is 6.31. The quantitative estimate of drug-likeness (QED) is 0.763. The van der Waals surface area contributed by atoms with Crippen LogP contribution in [0, 0.1) is 12.8 Å². The fourth-order valence-electron chi connectivity index (χ4n) is 4.05. The van der Waals surface area contributed by atoms with E-state index in [9.17, 15) is 4.79 Å². The van der Waals surface area contributed by atoms with Gasteiger partial charge in [-0.05, 0) is 67.2 Å². The van der Waals surface area contributed by atoms with Gasteiger partial charge in [-0.1, -0.05) is 23.2 Å². The van der Waals surface area contributed by atoms with Gasteiger partial charge in [0.25, 0.3) is 0 Å². The first-order valence-corrected chi connectivity index (χ1v) is 10.3. The van der Waals surface area contributed by atoms with Crippen molar-refractivity contribution in [3.8, 4) is 5.75 Å². The number of hydrogen-bond acceptors (Lipinski definition) is 4. The highest BCUT2D eigenvalue weighted by Gasteiger charge is 2.33. The van der Waals surface area contributed by atoms with Gasteiger partial charge in [-0.2, -0.15) is 0 Å². The number of aliphatic carboxylic acids is 1. The van der Waals surface area contributed by atoms with Crippen molar-refractivity contribution < 1.29 is 14.6 Å². The van der Waals surface area contributed by atoms with Gasteiger partial charge in [0, 0.05) is 25.8 Å². The maximum atomic E-state index is 11.0. The summed E-state index contributed by atoms with van der Waals surface area (Å²) in [5, 5.41) is 9.71. The van der Waals surface area contributed by atoms with Crippen molar-refractivity contribution >= 4 is 23.1 Å². The van der Waals surface area contributed by atoms with Gasteiger partial charge in [0.1, 0.15) is 12.4 Å². The van der Waals surface area contributed by atoms with Crippen LogP contribution >= 0.6 is 11.6 Å². The van der Waals surface area contributed by atoms with Crippen molar-refractivity contribution in [2.45, 2.75) is 33.3 Å². The van der Waals surface area contributed by atoms with Crippen LogP contribution in [0.25, 0.3) is 5.57 Å². The molecule has 29 heavy (non-hydrogen) atoms. The highest BCUT2D eigenvalue weighted by Crippen LogP contribution is 2.34. The Labute approximate surface area is 176 Å². The van der Waals surface area contributed by atoms with Crippen LogP contribution < -0.4 is 4.74 Å². The van der Waals surface area contributed by atoms with Crippen LogP contribution in [0.1, 0.15) is 35.7 Å². The lowest BCUT2D eigenvalue weighted by Crippen LogP contribution is -2.50. The summed E-state index contributed by atoms with van der Waals surface area (Å²) < 4.78 is 5.95. The van der Waals surface area contributed by atoms with E-state index in [2.05, 4.69) is 28.9 Å². The number of pyridine rings is 1. The molecule has 0 amide bonds. The summed E-state index contributed by atoms with van der Waals surface area (Å²) in [5.41, 5.74) is 7.15. The minimum atomic E-state index is -0.683. The molecule has 0 atom stereocenters. The normalized spacial score (nSPS) is 17.1. The summed E-state index contributed by atoms with van der Waals surface area (Å²) in [7, 11) is 0. The smallest absolute Gasteiger partial charge is 0.309 e. The van der Waals surface area contributed by atoms with Gasteiger partial charge in [0.15, 0.2) is 0 Å². The standard InChI is InChI=1S/C23H25ClN2O3/c1-14-7-19(25-9-22(14)24)13-29-20-5-6-21-15(2)17(4-3-16(21)8-20)10-26-11-18(12-26)23(27)28/h5-9,18H,3-4,10-13H2,1-2H3,(H,27,28). The zero-order valence-electron chi connectivity index (χ0n) is 16.7. The fraction of sp³-hybridized carbons (Fsp3) is 0.391. The number of fused-ring (bicyclic) bond motifs is 1. The molecule has 1 aromatic heterocycles. The van der Waals surface area contributed by atoms with E-state index in [1.54, 1.807) is 6.20 Å². The summed E-state index contributed by atoms with van der Waals surface area (Å²) >= 11 is 6.03. The Morgan fingerprint density at radius 3 is 2.79 bits per heavy atom. The van der Waals surface area contributed by atoms with Crippen LogP contribution in [0.15, 0.2) is 36.0 Å². The number of allylic oxidation sites excluding steroid dienone is 1. The molecule has 1 saturated heterocycles. The number of aryl methyl sites for hydroxylation is 2. The maximum Gasteiger partial charge on any atom is 0.309 e. The van der Waals surface area contributed by atoms with Crippen LogP contribution in [-0.2, 0) is 17.8 Å². The van der Waals surface area contributed by atoms with Gasteiger partial charge in [-0.25, -0.2) is 0 Å². The molecule has 1 aromatic carbocycles. The van der Waals surface area contributed by atoms with Gasteiger partial charge in [-0.3, -0.25) is 14.7 Å². The molecule has 1 fully saturated rings. The van der Waals surface area contributed by atoms with E-state index < -0.39 is 5.97 Å². The largest absolute Gasteiger partial charge is 0.487 e.